The van der Waals surface area contributed by atoms with Gasteiger partial charge in [0.05, 0.1) is 17.7 Å². The van der Waals surface area contributed by atoms with Gasteiger partial charge in [0, 0.05) is 44.6 Å². The maximum atomic E-state index is 13.2. The summed E-state index contributed by atoms with van der Waals surface area (Å²) in [4.78, 5) is 15.2. The molecule has 3 aliphatic rings. The van der Waals surface area contributed by atoms with E-state index in [1.807, 2.05) is 6.07 Å². The van der Waals surface area contributed by atoms with Gasteiger partial charge in [-0.3, -0.25) is 4.79 Å². The molecule has 1 amide bonds. The summed E-state index contributed by atoms with van der Waals surface area (Å²) in [6.45, 7) is 5.07. The molecule has 132 valence electrons. The van der Waals surface area contributed by atoms with Gasteiger partial charge in [-0.2, -0.15) is 0 Å². The van der Waals surface area contributed by atoms with Crippen molar-refractivity contribution < 1.29 is 14.1 Å². The maximum absolute atomic E-state index is 13.2. The number of amides is 1. The summed E-state index contributed by atoms with van der Waals surface area (Å²) in [6, 6.07) is 2.05. The van der Waals surface area contributed by atoms with Gasteiger partial charge in [-0.25, -0.2) is 0 Å². The van der Waals surface area contributed by atoms with Gasteiger partial charge in [0.1, 0.15) is 5.76 Å². The third-order valence-electron chi connectivity index (χ3n) is 5.76. The lowest BCUT2D eigenvalue weighted by Gasteiger charge is -2.38. The molecule has 1 aromatic rings. The van der Waals surface area contributed by atoms with E-state index >= 15 is 0 Å². The summed E-state index contributed by atoms with van der Waals surface area (Å²) < 4.78 is 11.1. The SMILES string of the molecule is O=C(N1CCCC1)[C@]1(Cc2cc([C@H]3CCOC3)no2)CCCNC1. The molecule has 6 heteroatoms. The summed E-state index contributed by atoms with van der Waals surface area (Å²) in [7, 11) is 0. The number of carbonyl (C=O) groups is 1. The molecule has 4 heterocycles. The van der Waals surface area contributed by atoms with Crippen LogP contribution in [0.5, 0.6) is 0 Å². The zero-order valence-electron chi connectivity index (χ0n) is 14.3. The van der Waals surface area contributed by atoms with Gasteiger partial charge in [-0.05, 0) is 38.6 Å². The minimum atomic E-state index is -0.369. The fourth-order valence-electron chi connectivity index (χ4n) is 4.34. The van der Waals surface area contributed by atoms with Crippen molar-refractivity contribution in [1.82, 2.24) is 15.4 Å². The summed E-state index contributed by atoms with van der Waals surface area (Å²) in [5.74, 6) is 1.49. The van der Waals surface area contributed by atoms with Gasteiger partial charge in [-0.15, -0.1) is 0 Å². The molecular weight excluding hydrogens is 306 g/mol. The maximum Gasteiger partial charge on any atom is 0.230 e. The molecule has 0 aliphatic carbocycles. The molecule has 3 fully saturated rings. The molecule has 0 aromatic carbocycles. The van der Waals surface area contributed by atoms with Crippen molar-refractivity contribution in [2.24, 2.45) is 5.41 Å². The fourth-order valence-corrected chi connectivity index (χ4v) is 4.34. The monoisotopic (exact) mass is 333 g/mol. The normalized spacial score (nSPS) is 30.8. The van der Waals surface area contributed by atoms with E-state index < -0.39 is 0 Å². The lowest BCUT2D eigenvalue weighted by Crippen LogP contribution is -2.52. The van der Waals surface area contributed by atoms with Crippen LogP contribution in [-0.2, 0) is 16.0 Å². The molecule has 0 unspecified atom stereocenters. The first kappa shape index (κ1) is 16.1. The average Bonchev–Trinajstić information content (AvgIpc) is 3.36. The van der Waals surface area contributed by atoms with E-state index in [1.54, 1.807) is 0 Å². The van der Waals surface area contributed by atoms with Crippen LogP contribution in [0.15, 0.2) is 10.6 Å². The predicted molar refractivity (Wildman–Crippen MR) is 88.7 cm³/mol. The summed E-state index contributed by atoms with van der Waals surface area (Å²) in [5.41, 5.74) is 0.612. The van der Waals surface area contributed by atoms with Crippen molar-refractivity contribution in [1.29, 1.82) is 0 Å². The van der Waals surface area contributed by atoms with Crippen LogP contribution in [-0.4, -0.2) is 55.4 Å². The molecule has 4 rings (SSSR count). The summed E-state index contributed by atoms with van der Waals surface area (Å²) >= 11 is 0. The average molecular weight is 333 g/mol. The standard InChI is InChI=1S/C18H27N3O3/c22-17(21-7-1-2-8-21)18(5-3-6-19-13-18)11-15-10-16(20-24-15)14-4-9-23-12-14/h10,14,19H,1-9,11-13H2/t14-,18-/m0/s1. The van der Waals surface area contributed by atoms with E-state index in [0.29, 0.717) is 18.2 Å². The van der Waals surface area contributed by atoms with Gasteiger partial charge >= 0.3 is 0 Å². The summed E-state index contributed by atoms with van der Waals surface area (Å²) in [5, 5.41) is 7.68. The van der Waals surface area contributed by atoms with E-state index in [1.165, 1.54) is 0 Å². The van der Waals surface area contributed by atoms with Crippen molar-refractivity contribution >= 4 is 5.91 Å². The second-order valence-corrected chi connectivity index (χ2v) is 7.52. The van der Waals surface area contributed by atoms with Crippen molar-refractivity contribution in [2.75, 3.05) is 39.4 Å². The molecule has 2 atom stereocenters. The molecule has 3 saturated heterocycles. The van der Waals surface area contributed by atoms with Gasteiger partial charge in [0.15, 0.2) is 0 Å². The van der Waals surface area contributed by atoms with Gasteiger partial charge in [0.25, 0.3) is 0 Å². The number of piperidine rings is 1. The minimum absolute atomic E-state index is 0.300. The highest BCUT2D eigenvalue weighted by Crippen LogP contribution is 2.35. The Bertz CT molecular complexity index is 568. The number of rotatable bonds is 4. The highest BCUT2D eigenvalue weighted by molar-refractivity contribution is 5.83. The fraction of sp³-hybridized carbons (Fsp3) is 0.778. The van der Waals surface area contributed by atoms with E-state index in [0.717, 1.165) is 83.0 Å². The Morgan fingerprint density at radius 2 is 2.25 bits per heavy atom. The van der Waals surface area contributed by atoms with Gasteiger partial charge in [-0.1, -0.05) is 5.16 Å². The Morgan fingerprint density at radius 3 is 2.96 bits per heavy atom. The van der Waals surface area contributed by atoms with Crippen LogP contribution in [0.4, 0.5) is 0 Å². The van der Waals surface area contributed by atoms with E-state index in [4.69, 9.17) is 9.26 Å². The Balaban J connectivity index is 1.52. The lowest BCUT2D eigenvalue weighted by atomic mass is 9.75. The van der Waals surface area contributed by atoms with Crippen molar-refractivity contribution in [3.05, 3.63) is 17.5 Å². The van der Waals surface area contributed by atoms with Crippen LogP contribution in [0.25, 0.3) is 0 Å². The van der Waals surface area contributed by atoms with Crippen molar-refractivity contribution in [3.63, 3.8) is 0 Å². The smallest absolute Gasteiger partial charge is 0.230 e. The first-order valence-corrected chi connectivity index (χ1v) is 9.30. The molecule has 1 N–H and O–H groups in total. The van der Waals surface area contributed by atoms with Gasteiger partial charge < -0.3 is 19.5 Å². The molecule has 6 nitrogen and oxygen atoms in total. The van der Waals surface area contributed by atoms with E-state index in [2.05, 4.69) is 15.4 Å². The Hall–Kier alpha value is -1.40. The second kappa shape index (κ2) is 6.84. The third kappa shape index (κ3) is 3.09. The molecule has 0 spiro atoms. The molecule has 3 aliphatic heterocycles. The largest absolute Gasteiger partial charge is 0.381 e. The predicted octanol–water partition coefficient (Wildman–Crippen LogP) is 1.71. The molecular formula is C18H27N3O3. The Kier molecular flexibility index (Phi) is 4.59. The number of nitrogens with one attached hydrogen (secondary N) is 1. The van der Waals surface area contributed by atoms with Crippen LogP contribution in [0, 0.1) is 5.41 Å². The van der Waals surface area contributed by atoms with Crippen LogP contribution in [0.1, 0.15) is 49.5 Å². The van der Waals surface area contributed by atoms with Crippen LogP contribution >= 0.6 is 0 Å². The molecule has 0 saturated carbocycles. The zero-order valence-corrected chi connectivity index (χ0v) is 14.3. The molecule has 0 bridgehead atoms. The number of aromatic nitrogens is 1. The first-order valence-electron chi connectivity index (χ1n) is 9.30. The van der Waals surface area contributed by atoms with Crippen LogP contribution < -0.4 is 5.32 Å². The number of hydrogen-bond donors (Lipinski definition) is 1. The molecule has 1 aromatic heterocycles. The van der Waals surface area contributed by atoms with Crippen LogP contribution in [0.3, 0.4) is 0 Å². The highest BCUT2D eigenvalue weighted by Gasteiger charge is 2.43. The number of likely N-dealkylation sites (tertiary alicyclic amines) is 1. The van der Waals surface area contributed by atoms with Crippen LogP contribution in [0.2, 0.25) is 0 Å². The lowest BCUT2D eigenvalue weighted by molar-refractivity contribution is -0.142. The van der Waals surface area contributed by atoms with E-state index in [-0.39, 0.29) is 5.41 Å². The summed E-state index contributed by atoms with van der Waals surface area (Å²) in [6.07, 6.45) is 5.88. The molecule has 0 radical (unpaired) electrons. The van der Waals surface area contributed by atoms with Crippen molar-refractivity contribution in [3.8, 4) is 0 Å². The van der Waals surface area contributed by atoms with Gasteiger partial charge in [0.2, 0.25) is 5.91 Å². The highest BCUT2D eigenvalue weighted by atomic mass is 16.5. The molecule has 24 heavy (non-hydrogen) atoms. The number of hydrogen-bond acceptors (Lipinski definition) is 5. The Labute approximate surface area is 142 Å². The third-order valence-corrected chi connectivity index (χ3v) is 5.76. The minimum Gasteiger partial charge on any atom is -0.381 e. The quantitative estimate of drug-likeness (QED) is 0.908. The van der Waals surface area contributed by atoms with E-state index in [9.17, 15) is 4.79 Å². The number of ether oxygens (including phenoxy) is 1. The number of nitrogens with zero attached hydrogens (tertiary/aromatic N) is 2. The topological polar surface area (TPSA) is 67.6 Å². The zero-order chi connectivity index (χ0) is 16.4. The Morgan fingerprint density at radius 1 is 1.38 bits per heavy atom. The van der Waals surface area contributed by atoms with Crippen molar-refractivity contribution in [2.45, 2.75) is 44.4 Å². The number of carbonyl (C=O) groups excluding carboxylic acids is 1. The second-order valence-electron chi connectivity index (χ2n) is 7.52. The first-order chi connectivity index (χ1) is 11.8.